The van der Waals surface area contributed by atoms with Crippen molar-refractivity contribution in [1.82, 2.24) is 5.32 Å². The monoisotopic (exact) mass is 281 g/mol. The third-order valence-electron chi connectivity index (χ3n) is 3.90. The van der Waals surface area contributed by atoms with Gasteiger partial charge in [0.2, 0.25) is 0 Å². The molecular weight excluding hydrogens is 261 g/mol. The highest BCUT2D eigenvalue weighted by Crippen LogP contribution is 2.40. The van der Waals surface area contributed by atoms with Crippen LogP contribution in [0.5, 0.6) is 5.75 Å². The predicted octanol–water partition coefficient (Wildman–Crippen LogP) is 2.38. The van der Waals surface area contributed by atoms with E-state index in [4.69, 9.17) is 9.47 Å². The highest BCUT2D eigenvalue weighted by atomic mass is 19.1. The van der Waals surface area contributed by atoms with Gasteiger partial charge in [-0.15, -0.1) is 0 Å². The Morgan fingerprint density at radius 3 is 2.65 bits per heavy atom. The van der Waals surface area contributed by atoms with Crippen LogP contribution in [0.4, 0.5) is 4.39 Å². The van der Waals surface area contributed by atoms with E-state index in [9.17, 15) is 9.18 Å². The Balaban J connectivity index is 1.96. The molecule has 1 N–H and O–H groups in total. The second kappa shape index (κ2) is 6.22. The summed E-state index contributed by atoms with van der Waals surface area (Å²) in [6.45, 7) is 1.21. The molecule has 0 saturated heterocycles. The number of carbonyl (C=O) groups is 1. The highest BCUT2D eigenvalue weighted by molar-refractivity contribution is 5.94. The standard InChI is InChI=1S/C15H20FNO3/c1-19-10-15(6-3-7-15)9-17-14(18)11-4-5-13(20-2)12(16)8-11/h4-5,8H,3,6-7,9-10H2,1-2H3,(H,17,18). The number of amides is 1. The van der Waals surface area contributed by atoms with Crippen LogP contribution in [0.25, 0.3) is 0 Å². The predicted molar refractivity (Wildman–Crippen MR) is 73.4 cm³/mol. The molecule has 1 amide bonds. The molecule has 0 radical (unpaired) electrons. The van der Waals surface area contributed by atoms with Gasteiger partial charge in [-0.1, -0.05) is 6.42 Å². The van der Waals surface area contributed by atoms with Crippen molar-refractivity contribution < 1.29 is 18.7 Å². The zero-order valence-electron chi connectivity index (χ0n) is 11.9. The number of nitrogens with one attached hydrogen (secondary N) is 1. The summed E-state index contributed by atoms with van der Waals surface area (Å²) < 4.78 is 23.6. The molecule has 0 atom stereocenters. The molecule has 0 spiro atoms. The lowest BCUT2D eigenvalue weighted by Crippen LogP contribution is -2.45. The second-order valence-electron chi connectivity index (χ2n) is 5.32. The molecule has 5 heteroatoms. The summed E-state index contributed by atoms with van der Waals surface area (Å²) in [5.74, 6) is -0.666. The van der Waals surface area contributed by atoms with Gasteiger partial charge >= 0.3 is 0 Å². The third kappa shape index (κ3) is 3.10. The topological polar surface area (TPSA) is 47.6 Å². The molecule has 1 fully saturated rings. The van der Waals surface area contributed by atoms with E-state index in [1.54, 1.807) is 13.2 Å². The number of benzene rings is 1. The molecule has 2 rings (SSSR count). The average Bonchev–Trinajstić information content (AvgIpc) is 2.41. The van der Waals surface area contributed by atoms with E-state index < -0.39 is 5.82 Å². The minimum absolute atomic E-state index is 0.0510. The Bertz CT molecular complexity index is 486. The van der Waals surface area contributed by atoms with Crippen LogP contribution in [0, 0.1) is 11.2 Å². The largest absolute Gasteiger partial charge is 0.494 e. The lowest BCUT2D eigenvalue weighted by atomic mass is 9.69. The van der Waals surface area contributed by atoms with Gasteiger partial charge in [0, 0.05) is 24.6 Å². The van der Waals surface area contributed by atoms with Crippen molar-refractivity contribution in [2.24, 2.45) is 5.41 Å². The molecule has 110 valence electrons. The maximum Gasteiger partial charge on any atom is 0.251 e. The van der Waals surface area contributed by atoms with Crippen molar-refractivity contribution in [3.63, 3.8) is 0 Å². The highest BCUT2D eigenvalue weighted by Gasteiger charge is 2.37. The molecule has 0 aromatic heterocycles. The summed E-state index contributed by atoms with van der Waals surface area (Å²) in [5, 5.41) is 2.86. The van der Waals surface area contributed by atoms with Crippen molar-refractivity contribution in [2.75, 3.05) is 27.4 Å². The molecule has 1 saturated carbocycles. The van der Waals surface area contributed by atoms with Gasteiger partial charge in [0.15, 0.2) is 11.6 Å². The minimum Gasteiger partial charge on any atom is -0.494 e. The van der Waals surface area contributed by atoms with E-state index in [0.29, 0.717) is 18.7 Å². The molecule has 0 bridgehead atoms. The number of rotatable bonds is 6. The first-order valence-electron chi connectivity index (χ1n) is 6.71. The van der Waals surface area contributed by atoms with Crippen molar-refractivity contribution in [2.45, 2.75) is 19.3 Å². The van der Waals surface area contributed by atoms with Crippen LogP contribution in [0.15, 0.2) is 18.2 Å². The molecule has 4 nitrogen and oxygen atoms in total. The minimum atomic E-state index is -0.532. The molecule has 20 heavy (non-hydrogen) atoms. The average molecular weight is 281 g/mol. The molecule has 1 aliphatic carbocycles. The number of carbonyl (C=O) groups excluding carboxylic acids is 1. The lowest BCUT2D eigenvalue weighted by Gasteiger charge is -2.41. The Labute approximate surface area is 118 Å². The van der Waals surface area contributed by atoms with Crippen molar-refractivity contribution in [3.8, 4) is 5.75 Å². The SMILES string of the molecule is COCC1(CNC(=O)c2ccc(OC)c(F)c2)CCC1. The summed E-state index contributed by atoms with van der Waals surface area (Å²) in [6, 6.07) is 4.21. The van der Waals surface area contributed by atoms with E-state index >= 15 is 0 Å². The van der Waals surface area contributed by atoms with E-state index in [0.717, 1.165) is 19.3 Å². The van der Waals surface area contributed by atoms with Crippen LogP contribution in [0.3, 0.4) is 0 Å². The van der Waals surface area contributed by atoms with Gasteiger partial charge < -0.3 is 14.8 Å². The molecule has 0 heterocycles. The Kier molecular flexibility index (Phi) is 4.60. The molecule has 0 unspecified atom stereocenters. The van der Waals surface area contributed by atoms with E-state index in [2.05, 4.69) is 5.32 Å². The Morgan fingerprint density at radius 2 is 2.15 bits per heavy atom. The first-order chi connectivity index (χ1) is 9.60. The Morgan fingerprint density at radius 1 is 1.40 bits per heavy atom. The quantitative estimate of drug-likeness (QED) is 0.871. The van der Waals surface area contributed by atoms with Gasteiger partial charge in [-0.2, -0.15) is 0 Å². The Hall–Kier alpha value is -1.62. The second-order valence-corrected chi connectivity index (χ2v) is 5.32. The number of hydrogen-bond acceptors (Lipinski definition) is 3. The third-order valence-corrected chi connectivity index (χ3v) is 3.90. The van der Waals surface area contributed by atoms with Crippen LogP contribution in [-0.2, 0) is 4.74 Å². The number of methoxy groups -OCH3 is 2. The molecule has 0 aliphatic heterocycles. The molecule has 1 aromatic carbocycles. The molecule has 1 aliphatic rings. The van der Waals surface area contributed by atoms with Crippen LogP contribution in [0.1, 0.15) is 29.6 Å². The van der Waals surface area contributed by atoms with E-state index in [1.165, 1.54) is 19.2 Å². The lowest BCUT2D eigenvalue weighted by molar-refractivity contribution is 0.0180. The van der Waals surface area contributed by atoms with Crippen LogP contribution in [-0.4, -0.2) is 33.3 Å². The fraction of sp³-hybridized carbons (Fsp3) is 0.533. The first kappa shape index (κ1) is 14.8. The van der Waals surface area contributed by atoms with Crippen molar-refractivity contribution in [1.29, 1.82) is 0 Å². The summed E-state index contributed by atoms with van der Waals surface area (Å²) in [5.41, 5.74) is 0.352. The maximum atomic E-state index is 13.6. The van der Waals surface area contributed by atoms with Gasteiger partial charge in [-0.25, -0.2) is 4.39 Å². The first-order valence-corrected chi connectivity index (χ1v) is 6.71. The van der Waals surface area contributed by atoms with Crippen molar-refractivity contribution in [3.05, 3.63) is 29.6 Å². The van der Waals surface area contributed by atoms with Gasteiger partial charge in [0.25, 0.3) is 5.91 Å². The normalized spacial score (nSPS) is 16.4. The summed E-state index contributed by atoms with van der Waals surface area (Å²) in [4.78, 5) is 12.0. The maximum absolute atomic E-state index is 13.6. The zero-order chi connectivity index (χ0) is 14.6. The van der Waals surface area contributed by atoms with E-state index in [1.807, 2.05) is 0 Å². The molecule has 1 aromatic rings. The van der Waals surface area contributed by atoms with Gasteiger partial charge in [-0.3, -0.25) is 4.79 Å². The number of halogens is 1. The summed E-state index contributed by atoms with van der Waals surface area (Å²) >= 11 is 0. The van der Waals surface area contributed by atoms with Crippen LogP contribution >= 0.6 is 0 Å². The van der Waals surface area contributed by atoms with Crippen molar-refractivity contribution >= 4 is 5.91 Å². The fourth-order valence-electron chi connectivity index (χ4n) is 2.53. The van der Waals surface area contributed by atoms with Crippen LogP contribution < -0.4 is 10.1 Å². The van der Waals surface area contributed by atoms with Gasteiger partial charge in [-0.05, 0) is 31.0 Å². The summed E-state index contributed by atoms with van der Waals surface area (Å²) in [6.07, 6.45) is 3.27. The number of ether oxygens (including phenoxy) is 2. The van der Waals surface area contributed by atoms with Gasteiger partial charge in [0.05, 0.1) is 13.7 Å². The fourth-order valence-corrected chi connectivity index (χ4v) is 2.53. The smallest absolute Gasteiger partial charge is 0.251 e. The van der Waals surface area contributed by atoms with E-state index in [-0.39, 0.29) is 17.1 Å². The zero-order valence-corrected chi connectivity index (χ0v) is 11.9. The number of hydrogen-bond donors (Lipinski definition) is 1. The molecular formula is C15H20FNO3. The van der Waals surface area contributed by atoms with Gasteiger partial charge in [0.1, 0.15) is 0 Å². The summed E-state index contributed by atoms with van der Waals surface area (Å²) in [7, 11) is 3.06. The van der Waals surface area contributed by atoms with Crippen LogP contribution in [0.2, 0.25) is 0 Å².